The molecule has 0 radical (unpaired) electrons. The van der Waals surface area contributed by atoms with Crippen LogP contribution in [0.5, 0.6) is 0 Å². The fraction of sp³-hybridized carbons (Fsp3) is 0.692. The number of anilines is 1. The average Bonchev–Trinajstić information content (AvgIpc) is 2.44. The van der Waals surface area contributed by atoms with E-state index in [1.807, 2.05) is 18.7 Å². The first-order valence-corrected chi connectivity index (χ1v) is 9.53. The Morgan fingerprint density at radius 3 is 2.38 bits per heavy atom. The van der Waals surface area contributed by atoms with Crippen molar-refractivity contribution in [1.82, 2.24) is 14.3 Å². The first-order valence-electron chi connectivity index (χ1n) is 7.15. The number of aromatic nitrogens is 2. The lowest BCUT2D eigenvalue weighted by Crippen LogP contribution is -2.43. The molecule has 0 saturated carbocycles. The second-order valence-electron chi connectivity index (χ2n) is 5.25. The molecule has 1 fully saturated rings. The van der Waals surface area contributed by atoms with Crippen LogP contribution in [0, 0.1) is 0 Å². The maximum atomic E-state index is 12.6. The van der Waals surface area contributed by atoms with E-state index in [1.54, 1.807) is 0 Å². The molecule has 1 aromatic rings. The van der Waals surface area contributed by atoms with Crippen LogP contribution in [-0.2, 0) is 10.0 Å². The molecule has 1 aliphatic heterocycles. The summed E-state index contributed by atoms with van der Waals surface area (Å²) in [5.74, 6) is 0.465. The molecule has 1 saturated heterocycles. The van der Waals surface area contributed by atoms with Crippen molar-refractivity contribution in [3.05, 3.63) is 12.4 Å². The van der Waals surface area contributed by atoms with Gasteiger partial charge in [0.1, 0.15) is 4.90 Å². The molecule has 0 amide bonds. The van der Waals surface area contributed by atoms with Crippen LogP contribution in [0.25, 0.3) is 0 Å². The highest BCUT2D eigenvalue weighted by Crippen LogP contribution is 2.28. The molecular formula is C13H22N4O2S2. The van der Waals surface area contributed by atoms with Crippen LogP contribution in [-0.4, -0.2) is 52.8 Å². The van der Waals surface area contributed by atoms with Gasteiger partial charge in [-0.25, -0.2) is 18.4 Å². The Morgan fingerprint density at radius 1 is 1.29 bits per heavy atom. The van der Waals surface area contributed by atoms with E-state index in [4.69, 9.17) is 0 Å². The zero-order valence-corrected chi connectivity index (χ0v) is 14.2. The van der Waals surface area contributed by atoms with Gasteiger partial charge in [0.05, 0.1) is 12.4 Å². The van der Waals surface area contributed by atoms with Crippen LogP contribution in [0.1, 0.15) is 27.2 Å². The number of sulfonamides is 1. The van der Waals surface area contributed by atoms with Gasteiger partial charge in [0.25, 0.3) is 0 Å². The van der Waals surface area contributed by atoms with E-state index in [0.29, 0.717) is 29.5 Å². The Kier molecular flexibility index (Phi) is 5.45. The normalized spacial score (nSPS) is 24.0. The molecule has 1 aromatic heterocycles. The topological polar surface area (TPSA) is 75.2 Å². The molecule has 2 heterocycles. The number of nitrogens with zero attached hydrogens (tertiary/aromatic N) is 3. The molecule has 2 atom stereocenters. The van der Waals surface area contributed by atoms with E-state index in [9.17, 15) is 8.42 Å². The van der Waals surface area contributed by atoms with E-state index < -0.39 is 10.0 Å². The number of nitrogens with one attached hydrogen (secondary N) is 1. The van der Waals surface area contributed by atoms with Gasteiger partial charge in [-0.1, -0.05) is 20.8 Å². The summed E-state index contributed by atoms with van der Waals surface area (Å²) in [6.07, 6.45) is 3.74. The van der Waals surface area contributed by atoms with Crippen molar-refractivity contribution in [3.63, 3.8) is 0 Å². The largest absolute Gasteiger partial charge is 0.354 e. The molecule has 0 bridgehead atoms. The summed E-state index contributed by atoms with van der Waals surface area (Å²) in [6.45, 7) is 7.99. The van der Waals surface area contributed by atoms with Crippen molar-refractivity contribution < 1.29 is 8.42 Å². The van der Waals surface area contributed by atoms with Gasteiger partial charge in [0.2, 0.25) is 16.0 Å². The average molecular weight is 330 g/mol. The summed E-state index contributed by atoms with van der Waals surface area (Å²) in [4.78, 5) is 8.33. The number of hydrogen-bond acceptors (Lipinski definition) is 6. The van der Waals surface area contributed by atoms with Crippen LogP contribution in [0.4, 0.5) is 5.95 Å². The van der Waals surface area contributed by atoms with Crippen LogP contribution in [0.3, 0.4) is 0 Å². The molecule has 2 rings (SSSR count). The van der Waals surface area contributed by atoms with Crippen molar-refractivity contribution in [2.24, 2.45) is 0 Å². The first-order chi connectivity index (χ1) is 9.93. The zero-order valence-electron chi connectivity index (χ0n) is 12.6. The molecule has 0 aliphatic carbocycles. The lowest BCUT2D eigenvalue weighted by atomic mass is 10.4. The highest BCUT2D eigenvalue weighted by molar-refractivity contribution is 8.00. The number of thioether (sulfide) groups is 1. The van der Waals surface area contributed by atoms with Crippen LogP contribution < -0.4 is 5.32 Å². The Bertz CT molecular complexity index is 552. The zero-order chi connectivity index (χ0) is 15.5. The van der Waals surface area contributed by atoms with Crippen molar-refractivity contribution in [2.45, 2.75) is 42.6 Å². The summed E-state index contributed by atoms with van der Waals surface area (Å²) < 4.78 is 26.8. The van der Waals surface area contributed by atoms with E-state index in [0.717, 1.165) is 13.0 Å². The Hall–Kier alpha value is -0.860. The van der Waals surface area contributed by atoms with E-state index in [-0.39, 0.29) is 4.90 Å². The summed E-state index contributed by atoms with van der Waals surface area (Å²) in [6, 6.07) is 0. The minimum absolute atomic E-state index is 0.163. The number of rotatable bonds is 5. The molecule has 6 nitrogen and oxygen atoms in total. The summed E-state index contributed by atoms with van der Waals surface area (Å²) in [7, 11) is -3.50. The second kappa shape index (κ2) is 6.93. The van der Waals surface area contributed by atoms with Gasteiger partial charge in [-0.2, -0.15) is 16.1 Å². The number of hydrogen-bond donors (Lipinski definition) is 1. The van der Waals surface area contributed by atoms with Gasteiger partial charge < -0.3 is 5.32 Å². The minimum atomic E-state index is -3.50. The fourth-order valence-electron chi connectivity index (χ4n) is 2.25. The van der Waals surface area contributed by atoms with Crippen molar-refractivity contribution in [3.8, 4) is 0 Å². The van der Waals surface area contributed by atoms with Crippen molar-refractivity contribution >= 4 is 27.7 Å². The van der Waals surface area contributed by atoms with E-state index >= 15 is 0 Å². The molecular weight excluding hydrogens is 308 g/mol. The Labute approximate surface area is 130 Å². The second-order valence-corrected chi connectivity index (χ2v) is 9.07. The quantitative estimate of drug-likeness (QED) is 0.887. The van der Waals surface area contributed by atoms with E-state index in [1.165, 1.54) is 16.7 Å². The predicted molar refractivity (Wildman–Crippen MR) is 86.1 cm³/mol. The van der Waals surface area contributed by atoms with Gasteiger partial charge in [-0.05, 0) is 6.42 Å². The highest BCUT2D eigenvalue weighted by atomic mass is 32.2. The molecule has 1 aliphatic rings. The predicted octanol–water partition coefficient (Wildman–Crippen LogP) is 1.81. The summed E-state index contributed by atoms with van der Waals surface area (Å²) in [5, 5.41) is 3.63. The van der Waals surface area contributed by atoms with Crippen LogP contribution >= 0.6 is 11.8 Å². The fourth-order valence-corrected chi connectivity index (χ4v) is 5.28. The summed E-state index contributed by atoms with van der Waals surface area (Å²) >= 11 is 1.82. The molecule has 0 aromatic carbocycles. The molecule has 21 heavy (non-hydrogen) atoms. The Balaban J connectivity index is 2.15. The van der Waals surface area contributed by atoms with Gasteiger partial charge in [0.15, 0.2) is 0 Å². The van der Waals surface area contributed by atoms with Crippen LogP contribution in [0.2, 0.25) is 0 Å². The Morgan fingerprint density at radius 2 is 1.86 bits per heavy atom. The minimum Gasteiger partial charge on any atom is -0.354 e. The van der Waals surface area contributed by atoms with Crippen molar-refractivity contribution in [1.29, 1.82) is 0 Å². The third-order valence-electron chi connectivity index (χ3n) is 3.19. The van der Waals surface area contributed by atoms with Gasteiger partial charge >= 0.3 is 0 Å². The first kappa shape index (κ1) is 16.5. The molecule has 2 unspecified atom stereocenters. The summed E-state index contributed by atoms with van der Waals surface area (Å²) in [5.41, 5.74) is 0. The molecule has 1 N–H and O–H groups in total. The molecule has 8 heteroatoms. The molecule has 118 valence electrons. The highest BCUT2D eigenvalue weighted by Gasteiger charge is 2.32. The lowest BCUT2D eigenvalue weighted by molar-refractivity contribution is 0.404. The maximum absolute atomic E-state index is 12.6. The maximum Gasteiger partial charge on any atom is 0.246 e. The smallest absolute Gasteiger partial charge is 0.246 e. The lowest BCUT2D eigenvalue weighted by Gasteiger charge is -2.33. The van der Waals surface area contributed by atoms with Crippen LogP contribution in [0.15, 0.2) is 17.3 Å². The third-order valence-corrected chi connectivity index (χ3v) is 6.20. The third kappa shape index (κ3) is 4.08. The standard InChI is InChI=1S/C13H22N4O2S2/c1-4-5-14-13-15-6-12(7-16-13)21(18,19)17-8-10(2)20-11(3)9-17/h6-7,10-11H,4-5,8-9H2,1-3H3,(H,14,15,16). The van der Waals surface area contributed by atoms with E-state index in [2.05, 4.69) is 29.1 Å². The van der Waals surface area contributed by atoms with Gasteiger partial charge in [0, 0.05) is 30.1 Å². The van der Waals surface area contributed by atoms with Crippen molar-refractivity contribution in [2.75, 3.05) is 25.0 Å². The monoisotopic (exact) mass is 330 g/mol. The van der Waals surface area contributed by atoms with Gasteiger partial charge in [-0.15, -0.1) is 0 Å². The molecule has 0 spiro atoms. The van der Waals surface area contributed by atoms with Gasteiger partial charge in [-0.3, -0.25) is 0 Å². The SMILES string of the molecule is CCCNc1ncc(S(=O)(=O)N2CC(C)SC(C)C2)cn1.